The summed E-state index contributed by atoms with van der Waals surface area (Å²) in [6, 6.07) is 2.17. The van der Waals surface area contributed by atoms with Crippen molar-refractivity contribution in [1.82, 2.24) is 15.2 Å². The summed E-state index contributed by atoms with van der Waals surface area (Å²) in [7, 11) is 2.08. The molecule has 1 saturated heterocycles. The highest BCUT2D eigenvalue weighted by Gasteiger charge is 2.23. The van der Waals surface area contributed by atoms with Gasteiger partial charge in [0, 0.05) is 18.3 Å². The maximum absolute atomic E-state index is 12.2. The van der Waals surface area contributed by atoms with Crippen LogP contribution in [0.25, 0.3) is 0 Å². The Balaban J connectivity index is 1.69. The van der Waals surface area contributed by atoms with Gasteiger partial charge in [-0.15, -0.1) is 0 Å². The Labute approximate surface area is 118 Å². The summed E-state index contributed by atoms with van der Waals surface area (Å²) in [4.78, 5) is 29.2. The van der Waals surface area contributed by atoms with Gasteiger partial charge in [-0.25, -0.2) is 0 Å². The Morgan fingerprint density at radius 3 is 3.05 bits per heavy atom. The van der Waals surface area contributed by atoms with Crippen LogP contribution in [0.4, 0.5) is 0 Å². The lowest BCUT2D eigenvalue weighted by atomic mass is 10.1. The zero-order valence-electron chi connectivity index (χ0n) is 11.9. The molecule has 0 aromatic carbocycles. The number of carbonyl (C=O) groups is 1. The van der Waals surface area contributed by atoms with E-state index in [-0.39, 0.29) is 17.0 Å². The molecule has 0 bridgehead atoms. The summed E-state index contributed by atoms with van der Waals surface area (Å²) in [5.74, 6) is -0.249. The number of carbonyl (C=O) groups excluding carboxylic acids is 1. The second-order valence-corrected chi connectivity index (χ2v) is 5.86. The standard InChI is InChI=1S/C15H21N3O2/c1-18-7-3-5-11(18)9-16-14(19)12-8-10-4-2-6-13(10)17-15(12)20/h8,11H,2-7,9H2,1H3,(H,16,19)(H,17,20). The number of aryl methyl sites for hydroxylation is 2. The third kappa shape index (κ3) is 2.50. The van der Waals surface area contributed by atoms with Crippen molar-refractivity contribution in [2.75, 3.05) is 20.1 Å². The van der Waals surface area contributed by atoms with Crippen molar-refractivity contribution < 1.29 is 4.79 Å². The predicted molar refractivity (Wildman–Crippen MR) is 77.1 cm³/mol. The summed E-state index contributed by atoms with van der Waals surface area (Å²) in [5, 5.41) is 2.90. The lowest BCUT2D eigenvalue weighted by Crippen LogP contribution is -2.39. The summed E-state index contributed by atoms with van der Waals surface area (Å²) in [6.07, 6.45) is 5.22. The van der Waals surface area contributed by atoms with E-state index in [0.29, 0.717) is 12.6 Å². The largest absolute Gasteiger partial charge is 0.350 e. The second-order valence-electron chi connectivity index (χ2n) is 5.86. The molecule has 2 aliphatic rings. The van der Waals surface area contributed by atoms with Crippen LogP contribution in [0.2, 0.25) is 0 Å². The average molecular weight is 275 g/mol. The molecule has 0 radical (unpaired) electrons. The fraction of sp³-hybridized carbons (Fsp3) is 0.600. The van der Waals surface area contributed by atoms with Gasteiger partial charge in [-0.3, -0.25) is 9.59 Å². The molecule has 1 atom stereocenters. The number of likely N-dealkylation sites (tertiary alicyclic amines) is 1. The molecule has 1 amide bonds. The van der Waals surface area contributed by atoms with Gasteiger partial charge >= 0.3 is 0 Å². The topological polar surface area (TPSA) is 65.2 Å². The molecule has 1 aliphatic carbocycles. The SMILES string of the molecule is CN1CCCC1CNC(=O)c1cc2c([nH]c1=O)CCC2. The normalized spacial score (nSPS) is 21.9. The molecule has 1 aliphatic heterocycles. The summed E-state index contributed by atoms with van der Waals surface area (Å²) < 4.78 is 0. The highest BCUT2D eigenvalue weighted by atomic mass is 16.2. The monoisotopic (exact) mass is 275 g/mol. The van der Waals surface area contributed by atoms with Crippen molar-refractivity contribution in [2.45, 2.75) is 38.1 Å². The number of aromatic amines is 1. The summed E-state index contributed by atoms with van der Waals surface area (Å²) >= 11 is 0. The minimum absolute atomic E-state index is 0.249. The Morgan fingerprint density at radius 2 is 2.30 bits per heavy atom. The van der Waals surface area contributed by atoms with Crippen LogP contribution < -0.4 is 10.9 Å². The van der Waals surface area contributed by atoms with Crippen LogP contribution in [0.5, 0.6) is 0 Å². The lowest BCUT2D eigenvalue weighted by molar-refractivity contribution is 0.0942. The van der Waals surface area contributed by atoms with E-state index >= 15 is 0 Å². The highest BCUT2D eigenvalue weighted by Crippen LogP contribution is 2.19. The second kappa shape index (κ2) is 5.40. The van der Waals surface area contributed by atoms with Gasteiger partial charge in [-0.05, 0) is 57.3 Å². The molecular weight excluding hydrogens is 254 g/mol. The number of hydrogen-bond acceptors (Lipinski definition) is 3. The van der Waals surface area contributed by atoms with E-state index in [0.717, 1.165) is 43.5 Å². The number of likely N-dealkylation sites (N-methyl/N-ethyl adjacent to an activating group) is 1. The number of H-pyrrole nitrogens is 1. The molecule has 1 aromatic rings. The van der Waals surface area contributed by atoms with Gasteiger partial charge in [0.1, 0.15) is 5.56 Å². The Kier molecular flexibility index (Phi) is 3.61. The minimum Gasteiger partial charge on any atom is -0.350 e. The molecule has 108 valence electrons. The third-order valence-corrected chi connectivity index (χ3v) is 4.50. The zero-order chi connectivity index (χ0) is 14.1. The van der Waals surface area contributed by atoms with Crippen molar-refractivity contribution in [1.29, 1.82) is 0 Å². The molecule has 2 N–H and O–H groups in total. The molecule has 5 heteroatoms. The van der Waals surface area contributed by atoms with Crippen molar-refractivity contribution in [3.63, 3.8) is 0 Å². The van der Waals surface area contributed by atoms with Gasteiger partial charge in [0.25, 0.3) is 11.5 Å². The molecular formula is C15H21N3O2. The maximum atomic E-state index is 12.2. The fourth-order valence-corrected chi connectivity index (χ4v) is 3.22. The molecule has 1 fully saturated rings. The molecule has 1 unspecified atom stereocenters. The quantitative estimate of drug-likeness (QED) is 0.853. The van der Waals surface area contributed by atoms with Crippen LogP contribution in [0.1, 0.15) is 40.9 Å². The van der Waals surface area contributed by atoms with Crippen LogP contribution in [0.3, 0.4) is 0 Å². The number of nitrogens with one attached hydrogen (secondary N) is 2. The first kappa shape index (κ1) is 13.4. The molecule has 2 heterocycles. The predicted octanol–water partition coefficient (Wildman–Crippen LogP) is 0.688. The first-order valence-corrected chi connectivity index (χ1v) is 7.38. The van der Waals surface area contributed by atoms with E-state index in [1.807, 2.05) is 0 Å². The Hall–Kier alpha value is -1.62. The number of hydrogen-bond donors (Lipinski definition) is 2. The summed E-state index contributed by atoms with van der Waals surface area (Å²) in [5.41, 5.74) is 2.11. The number of rotatable bonds is 3. The van der Waals surface area contributed by atoms with Gasteiger partial charge in [-0.2, -0.15) is 0 Å². The Bertz CT molecular complexity index is 579. The van der Waals surface area contributed by atoms with Crippen LogP contribution in [0.15, 0.2) is 10.9 Å². The third-order valence-electron chi connectivity index (χ3n) is 4.50. The van der Waals surface area contributed by atoms with Crippen LogP contribution in [-0.4, -0.2) is 42.0 Å². The number of aromatic nitrogens is 1. The van der Waals surface area contributed by atoms with Gasteiger partial charge in [-0.1, -0.05) is 0 Å². The molecule has 0 spiro atoms. The van der Waals surface area contributed by atoms with Gasteiger partial charge < -0.3 is 15.2 Å². The number of fused-ring (bicyclic) bond motifs is 1. The summed E-state index contributed by atoms with van der Waals surface area (Å²) in [6.45, 7) is 1.70. The smallest absolute Gasteiger partial charge is 0.261 e. The van der Waals surface area contributed by atoms with Gasteiger partial charge in [0.05, 0.1) is 0 Å². The molecule has 1 aromatic heterocycles. The molecule has 20 heavy (non-hydrogen) atoms. The van der Waals surface area contributed by atoms with Crippen LogP contribution in [-0.2, 0) is 12.8 Å². The van der Waals surface area contributed by atoms with Crippen LogP contribution >= 0.6 is 0 Å². The molecule has 5 nitrogen and oxygen atoms in total. The lowest BCUT2D eigenvalue weighted by Gasteiger charge is -2.19. The number of amides is 1. The van der Waals surface area contributed by atoms with Crippen molar-refractivity contribution in [2.24, 2.45) is 0 Å². The van der Waals surface area contributed by atoms with E-state index < -0.39 is 0 Å². The first-order chi connectivity index (χ1) is 9.65. The van der Waals surface area contributed by atoms with E-state index in [1.165, 1.54) is 6.42 Å². The van der Waals surface area contributed by atoms with Crippen molar-refractivity contribution in [3.8, 4) is 0 Å². The average Bonchev–Trinajstić information content (AvgIpc) is 3.03. The Morgan fingerprint density at radius 1 is 1.45 bits per heavy atom. The van der Waals surface area contributed by atoms with E-state index in [9.17, 15) is 9.59 Å². The molecule has 0 saturated carbocycles. The number of pyridine rings is 1. The van der Waals surface area contributed by atoms with Gasteiger partial charge in [0.15, 0.2) is 0 Å². The minimum atomic E-state index is -0.261. The van der Waals surface area contributed by atoms with E-state index in [2.05, 4.69) is 22.2 Å². The van der Waals surface area contributed by atoms with Crippen LogP contribution in [0, 0.1) is 0 Å². The molecule has 3 rings (SSSR count). The zero-order valence-corrected chi connectivity index (χ0v) is 11.9. The van der Waals surface area contributed by atoms with Gasteiger partial charge in [0.2, 0.25) is 0 Å². The number of nitrogens with zero attached hydrogens (tertiary/aromatic N) is 1. The van der Waals surface area contributed by atoms with E-state index in [1.54, 1.807) is 6.07 Å². The highest BCUT2D eigenvalue weighted by molar-refractivity contribution is 5.94. The maximum Gasteiger partial charge on any atom is 0.261 e. The first-order valence-electron chi connectivity index (χ1n) is 7.38. The van der Waals surface area contributed by atoms with Crippen molar-refractivity contribution >= 4 is 5.91 Å². The fourth-order valence-electron chi connectivity index (χ4n) is 3.22. The van der Waals surface area contributed by atoms with E-state index in [4.69, 9.17) is 0 Å². The van der Waals surface area contributed by atoms with Crippen molar-refractivity contribution in [3.05, 3.63) is 33.2 Å².